The van der Waals surface area contributed by atoms with Crippen molar-refractivity contribution in [2.75, 3.05) is 7.11 Å². The maximum absolute atomic E-state index is 14.1. The Balaban J connectivity index is 1.76. The van der Waals surface area contributed by atoms with Gasteiger partial charge in [0.15, 0.2) is 9.84 Å². The number of rotatable bonds is 7. The summed E-state index contributed by atoms with van der Waals surface area (Å²) in [6.07, 6.45) is 4.48. The zero-order valence-corrected chi connectivity index (χ0v) is 22.3. The van der Waals surface area contributed by atoms with Crippen LogP contribution in [0.5, 0.6) is 5.75 Å². The molecule has 4 rings (SSSR count). The second-order valence-corrected chi connectivity index (χ2v) is 12.2. The highest BCUT2D eigenvalue weighted by atomic mass is 32.2. The van der Waals surface area contributed by atoms with Crippen LogP contribution < -0.4 is 10.1 Å². The number of fused-ring (bicyclic) bond motifs is 1. The highest BCUT2D eigenvalue weighted by Gasteiger charge is 2.34. The van der Waals surface area contributed by atoms with Crippen molar-refractivity contribution in [2.24, 2.45) is 0 Å². The maximum Gasteiger partial charge on any atom is 0.270 e. The van der Waals surface area contributed by atoms with E-state index in [9.17, 15) is 17.6 Å². The Bertz CT molecular complexity index is 1590. The molecule has 4 aromatic heterocycles. The summed E-state index contributed by atoms with van der Waals surface area (Å²) >= 11 is 0. The lowest BCUT2D eigenvalue weighted by molar-refractivity contribution is 0.0927. The number of carbonyl (C=O) groups excluding carboxylic acids is 1. The number of nitrogens with one attached hydrogen (secondary N) is 1. The average molecular weight is 529 g/mol. The molecule has 1 amide bonds. The Hall–Kier alpha value is -3.80. The van der Waals surface area contributed by atoms with E-state index in [1.165, 1.54) is 36.3 Å². The quantitative estimate of drug-likeness (QED) is 0.387. The molecule has 0 aliphatic heterocycles. The van der Waals surface area contributed by atoms with Crippen molar-refractivity contribution in [2.45, 2.75) is 56.8 Å². The van der Waals surface area contributed by atoms with Crippen LogP contribution in [0.15, 0.2) is 47.8 Å². The number of sulfone groups is 1. The average Bonchev–Trinajstić information content (AvgIpc) is 3.46. The molecule has 4 heterocycles. The van der Waals surface area contributed by atoms with Gasteiger partial charge in [-0.3, -0.25) is 18.9 Å². The first-order valence-electron chi connectivity index (χ1n) is 11.7. The zero-order chi connectivity index (χ0) is 27.1. The number of carbonyl (C=O) groups is 1. The molecule has 0 saturated carbocycles. The molecule has 0 aromatic carbocycles. The highest BCUT2D eigenvalue weighted by Crippen LogP contribution is 2.34. The first kappa shape index (κ1) is 26.3. The van der Waals surface area contributed by atoms with E-state index in [4.69, 9.17) is 4.74 Å². The number of hydrogen-bond donors (Lipinski definition) is 1. The molecule has 0 unspecified atom stereocenters. The minimum atomic E-state index is -3.75. The Morgan fingerprint density at radius 3 is 2.59 bits per heavy atom. The van der Waals surface area contributed by atoms with Crippen molar-refractivity contribution in [1.82, 2.24) is 29.5 Å². The van der Waals surface area contributed by atoms with Crippen LogP contribution in [0.1, 0.15) is 56.8 Å². The Morgan fingerprint density at radius 1 is 1.24 bits per heavy atom. The topological polar surface area (TPSA) is 120 Å². The third-order valence-electron chi connectivity index (χ3n) is 6.01. The molecule has 0 saturated heterocycles. The van der Waals surface area contributed by atoms with E-state index in [1.807, 2.05) is 6.92 Å². The minimum absolute atomic E-state index is 0.0216. The Kier molecular flexibility index (Phi) is 6.80. The van der Waals surface area contributed by atoms with Gasteiger partial charge in [0.25, 0.3) is 5.91 Å². The predicted molar refractivity (Wildman–Crippen MR) is 136 cm³/mol. The largest absolute Gasteiger partial charge is 0.495 e. The first-order valence-corrected chi connectivity index (χ1v) is 13.2. The zero-order valence-electron chi connectivity index (χ0n) is 21.5. The van der Waals surface area contributed by atoms with E-state index in [2.05, 4.69) is 20.4 Å². The van der Waals surface area contributed by atoms with Crippen LogP contribution in [0, 0.1) is 5.82 Å². The molecule has 0 aliphatic carbocycles. The van der Waals surface area contributed by atoms with Gasteiger partial charge in [-0.25, -0.2) is 17.8 Å². The van der Waals surface area contributed by atoms with Gasteiger partial charge in [-0.2, -0.15) is 5.10 Å². The summed E-state index contributed by atoms with van der Waals surface area (Å²) in [6.45, 7) is 8.73. The molecule has 10 nitrogen and oxygen atoms in total. The highest BCUT2D eigenvalue weighted by molar-refractivity contribution is 7.92. The summed E-state index contributed by atoms with van der Waals surface area (Å²) in [5.41, 5.74) is 1.75. The number of halogens is 1. The summed E-state index contributed by atoms with van der Waals surface area (Å²) in [6, 6.07) is 5.23. The van der Waals surface area contributed by atoms with Gasteiger partial charge in [0, 0.05) is 25.0 Å². The lowest BCUT2D eigenvalue weighted by Crippen LogP contribution is -2.29. The van der Waals surface area contributed by atoms with Crippen LogP contribution >= 0.6 is 0 Å². The monoisotopic (exact) mass is 528 g/mol. The van der Waals surface area contributed by atoms with Crippen LogP contribution in [-0.4, -0.2) is 50.3 Å². The minimum Gasteiger partial charge on any atom is -0.495 e. The molecule has 4 aromatic rings. The van der Waals surface area contributed by atoms with Gasteiger partial charge in [-0.15, -0.1) is 0 Å². The van der Waals surface area contributed by atoms with Gasteiger partial charge in [-0.05, 0) is 52.8 Å². The normalized spacial score (nSPS) is 13.1. The number of imidazole rings is 1. The second kappa shape index (κ2) is 9.58. The molecule has 0 fully saturated rings. The number of ether oxygens (including phenoxy) is 1. The number of hydrogen-bond acceptors (Lipinski definition) is 7. The molecule has 37 heavy (non-hydrogen) atoms. The van der Waals surface area contributed by atoms with Crippen molar-refractivity contribution in [3.63, 3.8) is 0 Å². The summed E-state index contributed by atoms with van der Waals surface area (Å²) < 4.78 is 48.1. The number of nitrogens with zero attached hydrogens (tertiary/aromatic N) is 5. The van der Waals surface area contributed by atoms with Gasteiger partial charge in [0.1, 0.15) is 33.5 Å². The number of methoxy groups -OCH3 is 1. The third-order valence-corrected chi connectivity index (χ3v) is 8.51. The summed E-state index contributed by atoms with van der Waals surface area (Å²) in [4.78, 5) is 21.5. The molecule has 1 N–H and O–H groups in total. The maximum atomic E-state index is 14.1. The van der Waals surface area contributed by atoms with E-state index in [0.29, 0.717) is 23.6 Å². The van der Waals surface area contributed by atoms with Crippen LogP contribution in [0.2, 0.25) is 0 Å². The summed E-state index contributed by atoms with van der Waals surface area (Å²) in [5.74, 6) is -0.777. The van der Waals surface area contributed by atoms with Crippen LogP contribution in [0.3, 0.4) is 0 Å². The molecule has 0 radical (unpaired) electrons. The number of pyridine rings is 2. The molecule has 0 aliphatic rings. The van der Waals surface area contributed by atoms with Gasteiger partial charge in [-0.1, -0.05) is 0 Å². The fourth-order valence-corrected chi connectivity index (χ4v) is 5.20. The molecular weight excluding hydrogens is 499 g/mol. The lowest BCUT2D eigenvalue weighted by atomic mass is 10.2. The summed E-state index contributed by atoms with van der Waals surface area (Å²) in [5, 5.41) is 7.31. The SMILES string of the molecule is CCn1nc(-c2cnc3cc(OC)c(S(=O)(=O)C(C)(C)C)cn23)cc1C(=O)N[C@H](C)c1ncccc1F. The molecule has 1 atom stereocenters. The molecular formula is C25H29FN6O4S. The molecule has 12 heteroatoms. The van der Waals surface area contributed by atoms with E-state index in [1.54, 1.807) is 50.4 Å². The van der Waals surface area contributed by atoms with Crippen molar-refractivity contribution < 1.29 is 22.3 Å². The first-order chi connectivity index (χ1) is 17.4. The van der Waals surface area contributed by atoms with E-state index >= 15 is 0 Å². The number of aryl methyl sites for hydroxylation is 1. The fourth-order valence-electron chi connectivity index (χ4n) is 3.89. The Morgan fingerprint density at radius 2 is 1.97 bits per heavy atom. The van der Waals surface area contributed by atoms with Gasteiger partial charge < -0.3 is 10.1 Å². The fraction of sp³-hybridized carbons (Fsp3) is 0.360. The number of amides is 1. The van der Waals surface area contributed by atoms with Gasteiger partial charge in [0.2, 0.25) is 0 Å². The standard InChI is InChI=1S/C25H29FN6O4S/c1-7-32-18(24(33)29-15(2)23-16(26)9-8-10-27-23)11-17(30-32)19-13-28-22-12-20(36-6)21(14-31(19)22)37(34,35)25(3,4)5/h8-15H,7H2,1-6H3,(H,29,33)/t15-/m1/s1. The van der Waals surface area contributed by atoms with Gasteiger partial charge in [0.05, 0.1) is 35.5 Å². The van der Waals surface area contributed by atoms with Crippen molar-refractivity contribution in [1.29, 1.82) is 0 Å². The lowest BCUT2D eigenvalue weighted by Gasteiger charge is -2.21. The van der Waals surface area contributed by atoms with E-state index in [0.717, 1.165) is 0 Å². The second-order valence-electron chi connectivity index (χ2n) is 9.49. The van der Waals surface area contributed by atoms with Crippen LogP contribution in [-0.2, 0) is 16.4 Å². The third kappa shape index (κ3) is 4.68. The van der Waals surface area contributed by atoms with E-state index in [-0.39, 0.29) is 22.0 Å². The molecule has 0 spiro atoms. The van der Waals surface area contributed by atoms with Crippen molar-refractivity contribution >= 4 is 21.4 Å². The Labute approximate surface area is 214 Å². The van der Waals surface area contributed by atoms with Crippen molar-refractivity contribution in [3.8, 4) is 17.1 Å². The number of aromatic nitrogens is 5. The molecule has 0 bridgehead atoms. The summed E-state index contributed by atoms with van der Waals surface area (Å²) in [7, 11) is -2.35. The van der Waals surface area contributed by atoms with Crippen LogP contribution in [0.4, 0.5) is 4.39 Å². The predicted octanol–water partition coefficient (Wildman–Crippen LogP) is 3.82. The van der Waals surface area contributed by atoms with Crippen molar-refractivity contribution in [3.05, 3.63) is 60.1 Å². The van der Waals surface area contributed by atoms with E-state index < -0.39 is 32.4 Å². The van der Waals surface area contributed by atoms with Gasteiger partial charge >= 0.3 is 0 Å². The smallest absolute Gasteiger partial charge is 0.270 e. The van der Waals surface area contributed by atoms with Crippen LogP contribution in [0.25, 0.3) is 17.0 Å². The molecule has 196 valence electrons.